The van der Waals surface area contributed by atoms with Gasteiger partial charge in [0.25, 0.3) is 0 Å². The van der Waals surface area contributed by atoms with Crippen LogP contribution in [0.5, 0.6) is 11.5 Å². The van der Waals surface area contributed by atoms with Gasteiger partial charge in [0.15, 0.2) is 5.78 Å². The summed E-state index contributed by atoms with van der Waals surface area (Å²) in [5, 5.41) is 9.38. The third-order valence-corrected chi connectivity index (χ3v) is 3.23. The van der Waals surface area contributed by atoms with E-state index in [0.717, 1.165) is 16.9 Å². The number of ketones is 1. The molecule has 0 aromatic heterocycles. The lowest BCUT2D eigenvalue weighted by Crippen LogP contribution is -2.06. The first kappa shape index (κ1) is 13.2. The van der Waals surface area contributed by atoms with Crippen molar-refractivity contribution in [2.75, 3.05) is 6.61 Å². The molecule has 1 heterocycles. The molecule has 0 unspecified atom stereocenters. The third kappa shape index (κ3) is 3.03. The summed E-state index contributed by atoms with van der Waals surface area (Å²) < 4.78 is 5.62. The number of hydrogen-bond donors (Lipinski definition) is 1. The number of para-hydroxylation sites is 1. The van der Waals surface area contributed by atoms with Crippen LogP contribution in [0.15, 0.2) is 66.3 Å². The number of ether oxygens (including phenoxy) is 1. The fourth-order valence-corrected chi connectivity index (χ4v) is 2.17. The van der Waals surface area contributed by atoms with Gasteiger partial charge in [0.05, 0.1) is 0 Å². The van der Waals surface area contributed by atoms with Gasteiger partial charge in [0.2, 0.25) is 0 Å². The van der Waals surface area contributed by atoms with E-state index in [1.54, 1.807) is 18.2 Å². The molecule has 0 radical (unpaired) electrons. The summed E-state index contributed by atoms with van der Waals surface area (Å²) in [5.41, 5.74) is 2.40. The number of carbonyl (C=O) groups excluding carboxylic acids is 1. The minimum absolute atomic E-state index is 0.0865. The van der Waals surface area contributed by atoms with Gasteiger partial charge in [-0.1, -0.05) is 36.4 Å². The highest BCUT2D eigenvalue weighted by Crippen LogP contribution is 2.26. The number of phenols is 1. The van der Waals surface area contributed by atoms with Gasteiger partial charge in [0.1, 0.15) is 18.1 Å². The maximum atomic E-state index is 12.0. The average Bonchev–Trinajstić information content (AvgIpc) is 2.52. The molecule has 1 N–H and O–H groups in total. The molecular formula is C18H14O3. The van der Waals surface area contributed by atoms with Crippen molar-refractivity contribution in [1.29, 1.82) is 0 Å². The van der Waals surface area contributed by atoms with Crippen molar-refractivity contribution in [2.24, 2.45) is 0 Å². The van der Waals surface area contributed by atoms with Crippen LogP contribution < -0.4 is 4.74 Å². The fraction of sp³-hybridized carbons (Fsp3) is 0.0556. The van der Waals surface area contributed by atoms with E-state index in [9.17, 15) is 9.90 Å². The van der Waals surface area contributed by atoms with Crippen LogP contribution >= 0.6 is 0 Å². The molecule has 2 aromatic rings. The van der Waals surface area contributed by atoms with Crippen LogP contribution in [-0.2, 0) is 0 Å². The lowest BCUT2D eigenvalue weighted by Gasteiger charge is -2.15. The first-order chi connectivity index (χ1) is 10.2. The second-order valence-corrected chi connectivity index (χ2v) is 4.79. The zero-order valence-electron chi connectivity index (χ0n) is 11.3. The largest absolute Gasteiger partial charge is 0.508 e. The van der Waals surface area contributed by atoms with E-state index in [4.69, 9.17) is 4.74 Å². The Morgan fingerprint density at radius 2 is 2.00 bits per heavy atom. The minimum atomic E-state index is -0.148. The van der Waals surface area contributed by atoms with Crippen LogP contribution in [0.2, 0.25) is 0 Å². The number of fused-ring (bicyclic) bond motifs is 1. The molecule has 0 fully saturated rings. The number of hydrogen-bond acceptors (Lipinski definition) is 3. The quantitative estimate of drug-likeness (QED) is 0.689. The van der Waals surface area contributed by atoms with Gasteiger partial charge in [-0.2, -0.15) is 0 Å². The summed E-state index contributed by atoms with van der Waals surface area (Å²) in [6, 6.07) is 14.1. The van der Waals surface area contributed by atoms with Crippen LogP contribution in [-0.4, -0.2) is 17.5 Å². The van der Waals surface area contributed by atoms with Crippen molar-refractivity contribution >= 4 is 11.9 Å². The molecule has 0 saturated carbocycles. The Kier molecular flexibility index (Phi) is 3.56. The molecule has 0 amide bonds. The summed E-state index contributed by atoms with van der Waals surface area (Å²) in [4.78, 5) is 12.0. The Balaban J connectivity index is 1.78. The Morgan fingerprint density at radius 3 is 2.86 bits per heavy atom. The highest BCUT2D eigenvalue weighted by Gasteiger charge is 2.09. The van der Waals surface area contributed by atoms with E-state index in [2.05, 4.69) is 0 Å². The monoisotopic (exact) mass is 278 g/mol. The van der Waals surface area contributed by atoms with Crippen LogP contribution in [0.3, 0.4) is 0 Å². The number of rotatable bonds is 3. The lowest BCUT2D eigenvalue weighted by molar-refractivity contribution is 0.104. The van der Waals surface area contributed by atoms with Crippen LogP contribution in [0.25, 0.3) is 6.08 Å². The molecule has 1 aliphatic rings. The van der Waals surface area contributed by atoms with Crippen molar-refractivity contribution in [1.82, 2.24) is 0 Å². The maximum absolute atomic E-state index is 12.0. The Morgan fingerprint density at radius 1 is 1.14 bits per heavy atom. The normalized spacial score (nSPS) is 13.4. The van der Waals surface area contributed by atoms with E-state index < -0.39 is 0 Å². The molecule has 1 aliphatic heterocycles. The highest BCUT2D eigenvalue weighted by atomic mass is 16.5. The maximum Gasteiger partial charge on any atom is 0.185 e. The summed E-state index contributed by atoms with van der Waals surface area (Å²) >= 11 is 0. The Hall–Kier alpha value is -2.81. The van der Waals surface area contributed by atoms with E-state index in [0.29, 0.717) is 12.2 Å². The van der Waals surface area contributed by atoms with Crippen LogP contribution in [0.1, 0.15) is 15.9 Å². The summed E-state index contributed by atoms with van der Waals surface area (Å²) in [7, 11) is 0. The van der Waals surface area contributed by atoms with Gasteiger partial charge in [-0.15, -0.1) is 0 Å². The Bertz CT molecular complexity index is 742. The molecule has 21 heavy (non-hydrogen) atoms. The number of benzene rings is 2. The van der Waals surface area contributed by atoms with E-state index in [-0.39, 0.29) is 11.5 Å². The molecule has 0 spiro atoms. The van der Waals surface area contributed by atoms with Crippen molar-refractivity contribution in [3.05, 3.63) is 77.4 Å². The fourth-order valence-electron chi connectivity index (χ4n) is 2.17. The van der Waals surface area contributed by atoms with Gasteiger partial charge >= 0.3 is 0 Å². The smallest absolute Gasteiger partial charge is 0.185 e. The molecule has 3 nitrogen and oxygen atoms in total. The molecule has 0 saturated heterocycles. The van der Waals surface area contributed by atoms with Crippen molar-refractivity contribution in [3.63, 3.8) is 0 Å². The van der Waals surface area contributed by atoms with E-state index in [1.807, 2.05) is 30.3 Å². The second-order valence-electron chi connectivity index (χ2n) is 4.79. The zero-order valence-corrected chi connectivity index (χ0v) is 11.3. The van der Waals surface area contributed by atoms with Crippen molar-refractivity contribution in [3.8, 4) is 11.5 Å². The number of aromatic hydroxyl groups is 1. The van der Waals surface area contributed by atoms with Crippen molar-refractivity contribution < 1.29 is 14.6 Å². The first-order valence-corrected chi connectivity index (χ1v) is 6.66. The Labute approximate surface area is 122 Å². The van der Waals surface area contributed by atoms with E-state index in [1.165, 1.54) is 18.2 Å². The van der Waals surface area contributed by atoms with Gasteiger partial charge < -0.3 is 9.84 Å². The molecule has 3 rings (SSSR count). The van der Waals surface area contributed by atoms with Crippen LogP contribution in [0.4, 0.5) is 0 Å². The van der Waals surface area contributed by atoms with Crippen LogP contribution in [0, 0.1) is 0 Å². The van der Waals surface area contributed by atoms with E-state index >= 15 is 0 Å². The van der Waals surface area contributed by atoms with Gasteiger partial charge in [-0.3, -0.25) is 4.79 Å². The number of phenolic OH excluding ortho intramolecular Hbond substituents is 1. The average molecular weight is 278 g/mol. The number of carbonyl (C=O) groups is 1. The standard InChI is InChI=1S/C18H14O3/c19-16-6-3-5-14(11-16)17(20)9-8-13-10-15-4-1-2-7-18(15)21-12-13/h1-11,19H,12H2/b9-8+. The zero-order chi connectivity index (χ0) is 14.7. The minimum Gasteiger partial charge on any atom is -0.508 e. The van der Waals surface area contributed by atoms with Crippen molar-refractivity contribution in [2.45, 2.75) is 0 Å². The summed E-state index contributed by atoms with van der Waals surface area (Å²) in [5.74, 6) is 0.794. The first-order valence-electron chi connectivity index (χ1n) is 6.66. The highest BCUT2D eigenvalue weighted by molar-refractivity contribution is 6.05. The SMILES string of the molecule is O=C(/C=C/C1=Cc2ccccc2OC1)c1cccc(O)c1. The van der Waals surface area contributed by atoms with Gasteiger partial charge in [0, 0.05) is 11.1 Å². The third-order valence-electron chi connectivity index (χ3n) is 3.23. The number of allylic oxidation sites excluding steroid dienone is 1. The summed E-state index contributed by atoms with van der Waals surface area (Å²) in [6.45, 7) is 0.445. The molecule has 104 valence electrons. The molecule has 3 heteroatoms. The molecular weight excluding hydrogens is 264 g/mol. The molecule has 0 atom stereocenters. The van der Waals surface area contributed by atoms with Gasteiger partial charge in [-0.05, 0) is 35.9 Å². The molecule has 0 bridgehead atoms. The topological polar surface area (TPSA) is 46.5 Å². The predicted octanol–water partition coefficient (Wildman–Crippen LogP) is 3.61. The second kappa shape index (κ2) is 5.67. The van der Waals surface area contributed by atoms with Gasteiger partial charge in [-0.25, -0.2) is 0 Å². The molecule has 0 aliphatic carbocycles. The summed E-state index contributed by atoms with van der Waals surface area (Å²) in [6.07, 6.45) is 5.26. The molecule has 2 aromatic carbocycles. The lowest BCUT2D eigenvalue weighted by atomic mass is 10.1. The predicted molar refractivity (Wildman–Crippen MR) is 81.5 cm³/mol.